The summed E-state index contributed by atoms with van der Waals surface area (Å²) < 4.78 is 3.32. The van der Waals surface area contributed by atoms with Crippen molar-refractivity contribution in [2.75, 3.05) is 0 Å². The molecule has 0 aliphatic heterocycles. The fraction of sp³-hybridized carbons (Fsp3) is 0.0625. The van der Waals surface area contributed by atoms with Crippen LogP contribution in [0.15, 0.2) is 55.1 Å². The summed E-state index contributed by atoms with van der Waals surface area (Å²) in [6, 6.07) is 7.37. The molecule has 3 rings (SSSR count). The van der Waals surface area contributed by atoms with Gasteiger partial charge in [0.25, 0.3) is 0 Å². The highest BCUT2D eigenvalue weighted by atomic mass is 35.5. The quantitative estimate of drug-likeness (QED) is 0.549. The van der Waals surface area contributed by atoms with Crippen molar-refractivity contribution in [3.05, 3.63) is 71.3 Å². The molecule has 0 atom stereocenters. The highest BCUT2D eigenvalue weighted by Crippen LogP contribution is 2.14. The second kappa shape index (κ2) is 5.99. The van der Waals surface area contributed by atoms with Crippen LogP contribution in [-0.2, 0) is 7.05 Å². The Kier molecular flexibility index (Phi) is 3.89. The molecule has 5 nitrogen and oxygen atoms in total. The van der Waals surface area contributed by atoms with E-state index in [0.29, 0.717) is 10.6 Å². The molecule has 0 bridgehead atoms. The summed E-state index contributed by atoms with van der Waals surface area (Å²) in [4.78, 5) is 12.0. The first-order valence-electron chi connectivity index (χ1n) is 6.63. The van der Waals surface area contributed by atoms with Gasteiger partial charge in [-0.05, 0) is 36.4 Å². The Morgan fingerprint density at radius 1 is 1.14 bits per heavy atom. The van der Waals surface area contributed by atoms with Crippen molar-refractivity contribution in [3.8, 4) is 5.69 Å². The van der Waals surface area contributed by atoms with Crippen LogP contribution < -0.4 is 0 Å². The molecule has 6 heteroatoms. The van der Waals surface area contributed by atoms with E-state index in [1.807, 2.05) is 18.3 Å². The predicted octanol–water partition coefficient (Wildman–Crippen LogP) is 3.16. The third-order valence-corrected chi connectivity index (χ3v) is 3.36. The number of aromatic nitrogens is 4. The van der Waals surface area contributed by atoms with Crippen molar-refractivity contribution in [3.63, 3.8) is 0 Å². The lowest BCUT2D eigenvalue weighted by Crippen LogP contribution is -1.93. The van der Waals surface area contributed by atoms with Gasteiger partial charge < -0.3 is 0 Å². The first-order chi connectivity index (χ1) is 10.6. The first-order valence-corrected chi connectivity index (χ1v) is 7.01. The van der Waals surface area contributed by atoms with Crippen molar-refractivity contribution >= 4 is 23.5 Å². The van der Waals surface area contributed by atoms with Crippen molar-refractivity contribution in [2.45, 2.75) is 0 Å². The maximum absolute atomic E-state index is 12.0. The first kappa shape index (κ1) is 14.3. The van der Waals surface area contributed by atoms with Crippen LogP contribution in [0.4, 0.5) is 0 Å². The fourth-order valence-electron chi connectivity index (χ4n) is 1.97. The van der Waals surface area contributed by atoms with Gasteiger partial charge in [-0.25, -0.2) is 4.68 Å². The standard InChI is InChI=1S/C16H13ClN4O/c1-20-11-13(9-18-20)16(22)7-2-12-8-19-21(10-12)15-5-3-14(17)4-6-15/h2-11H,1H3. The van der Waals surface area contributed by atoms with Gasteiger partial charge in [-0.2, -0.15) is 10.2 Å². The van der Waals surface area contributed by atoms with Gasteiger partial charge in [-0.15, -0.1) is 0 Å². The van der Waals surface area contributed by atoms with Crippen molar-refractivity contribution in [1.29, 1.82) is 0 Å². The smallest absolute Gasteiger partial charge is 0.189 e. The zero-order valence-corrected chi connectivity index (χ0v) is 12.6. The van der Waals surface area contributed by atoms with Crippen LogP contribution in [0.1, 0.15) is 15.9 Å². The van der Waals surface area contributed by atoms with Crippen LogP contribution in [0.5, 0.6) is 0 Å². The second-order valence-corrected chi connectivity index (χ2v) is 5.23. The number of nitrogens with zero attached hydrogens (tertiary/aromatic N) is 4. The molecular formula is C16H13ClN4O. The Balaban J connectivity index is 1.75. The van der Waals surface area contributed by atoms with E-state index in [1.54, 1.807) is 53.2 Å². The SMILES string of the molecule is Cn1cc(C(=O)C=Cc2cnn(-c3ccc(Cl)cc3)c2)cn1. The number of ketones is 1. The van der Waals surface area contributed by atoms with Gasteiger partial charge in [0.15, 0.2) is 5.78 Å². The number of carbonyl (C=O) groups is 1. The molecule has 2 heterocycles. The highest BCUT2D eigenvalue weighted by molar-refractivity contribution is 6.30. The van der Waals surface area contributed by atoms with Gasteiger partial charge in [0, 0.05) is 30.0 Å². The number of halogens is 1. The second-order valence-electron chi connectivity index (χ2n) is 4.79. The van der Waals surface area contributed by atoms with E-state index in [2.05, 4.69) is 10.2 Å². The molecule has 0 N–H and O–H groups in total. The van der Waals surface area contributed by atoms with Gasteiger partial charge in [-0.1, -0.05) is 11.6 Å². The number of benzene rings is 1. The molecule has 0 aliphatic carbocycles. The molecule has 0 spiro atoms. The number of allylic oxidation sites excluding steroid dienone is 1. The molecule has 0 fully saturated rings. The average molecular weight is 313 g/mol. The van der Waals surface area contributed by atoms with E-state index < -0.39 is 0 Å². The minimum absolute atomic E-state index is 0.0904. The van der Waals surface area contributed by atoms with Gasteiger partial charge in [0.05, 0.1) is 23.6 Å². The van der Waals surface area contributed by atoms with E-state index in [-0.39, 0.29) is 5.78 Å². The molecular weight excluding hydrogens is 300 g/mol. The normalized spacial score (nSPS) is 11.2. The van der Waals surface area contributed by atoms with Gasteiger partial charge in [-0.3, -0.25) is 9.48 Å². The number of carbonyl (C=O) groups excluding carboxylic acids is 1. The lowest BCUT2D eigenvalue weighted by atomic mass is 10.2. The molecule has 0 radical (unpaired) electrons. The largest absolute Gasteiger partial charge is 0.289 e. The van der Waals surface area contributed by atoms with Crippen LogP contribution in [0.3, 0.4) is 0 Å². The zero-order chi connectivity index (χ0) is 15.5. The molecule has 110 valence electrons. The van der Waals surface area contributed by atoms with Crippen molar-refractivity contribution in [1.82, 2.24) is 19.6 Å². The number of aryl methyl sites for hydroxylation is 1. The van der Waals surface area contributed by atoms with Crippen LogP contribution >= 0.6 is 11.6 Å². The average Bonchev–Trinajstić information content (AvgIpc) is 3.15. The van der Waals surface area contributed by atoms with Gasteiger partial charge in [0.2, 0.25) is 0 Å². The molecule has 0 saturated heterocycles. The fourth-order valence-corrected chi connectivity index (χ4v) is 2.10. The molecule has 1 aromatic carbocycles. The minimum Gasteiger partial charge on any atom is -0.289 e. The molecule has 0 aliphatic rings. The Labute approximate surface area is 132 Å². The van der Waals surface area contributed by atoms with Gasteiger partial charge in [0.1, 0.15) is 0 Å². The van der Waals surface area contributed by atoms with Crippen LogP contribution in [0, 0.1) is 0 Å². The van der Waals surface area contributed by atoms with E-state index in [4.69, 9.17) is 11.6 Å². The van der Waals surface area contributed by atoms with Crippen LogP contribution in [0.25, 0.3) is 11.8 Å². The third-order valence-electron chi connectivity index (χ3n) is 3.11. The minimum atomic E-state index is -0.0904. The third kappa shape index (κ3) is 3.15. The lowest BCUT2D eigenvalue weighted by molar-refractivity contribution is 0.104. The summed E-state index contributed by atoms with van der Waals surface area (Å²) in [5.74, 6) is -0.0904. The van der Waals surface area contributed by atoms with E-state index in [0.717, 1.165) is 11.3 Å². The van der Waals surface area contributed by atoms with E-state index in [1.165, 1.54) is 6.08 Å². The Morgan fingerprint density at radius 3 is 2.59 bits per heavy atom. The molecule has 0 saturated carbocycles. The zero-order valence-electron chi connectivity index (χ0n) is 11.8. The van der Waals surface area contributed by atoms with Crippen LogP contribution in [-0.4, -0.2) is 25.3 Å². The summed E-state index contributed by atoms with van der Waals surface area (Å²) in [7, 11) is 1.77. The Morgan fingerprint density at radius 2 is 1.91 bits per heavy atom. The van der Waals surface area contributed by atoms with Crippen LogP contribution in [0.2, 0.25) is 5.02 Å². The Hall–Kier alpha value is -2.66. The van der Waals surface area contributed by atoms with Gasteiger partial charge >= 0.3 is 0 Å². The molecule has 2 aromatic heterocycles. The topological polar surface area (TPSA) is 52.7 Å². The summed E-state index contributed by atoms with van der Waals surface area (Å²) >= 11 is 5.86. The maximum atomic E-state index is 12.0. The predicted molar refractivity (Wildman–Crippen MR) is 85.1 cm³/mol. The molecule has 0 amide bonds. The molecule has 0 unspecified atom stereocenters. The molecule has 3 aromatic rings. The maximum Gasteiger partial charge on any atom is 0.189 e. The molecule has 22 heavy (non-hydrogen) atoms. The van der Waals surface area contributed by atoms with Crippen molar-refractivity contribution < 1.29 is 4.79 Å². The summed E-state index contributed by atoms with van der Waals surface area (Å²) in [5, 5.41) is 8.92. The monoisotopic (exact) mass is 312 g/mol. The summed E-state index contributed by atoms with van der Waals surface area (Å²) in [6.07, 6.45) is 10.0. The number of hydrogen-bond acceptors (Lipinski definition) is 3. The Bertz CT molecular complexity index is 830. The van der Waals surface area contributed by atoms with E-state index >= 15 is 0 Å². The number of rotatable bonds is 4. The summed E-state index contributed by atoms with van der Waals surface area (Å²) in [6.45, 7) is 0. The number of hydrogen-bond donors (Lipinski definition) is 0. The van der Waals surface area contributed by atoms with Crippen molar-refractivity contribution in [2.24, 2.45) is 7.05 Å². The lowest BCUT2D eigenvalue weighted by Gasteiger charge is -1.99. The highest BCUT2D eigenvalue weighted by Gasteiger charge is 2.04. The summed E-state index contributed by atoms with van der Waals surface area (Å²) in [5.41, 5.74) is 2.30. The van der Waals surface area contributed by atoms with E-state index in [9.17, 15) is 4.79 Å².